The molecule has 1 unspecified atom stereocenters. The predicted molar refractivity (Wildman–Crippen MR) is 144 cm³/mol. The van der Waals surface area contributed by atoms with Crippen molar-refractivity contribution in [1.29, 1.82) is 0 Å². The highest BCUT2D eigenvalue weighted by molar-refractivity contribution is 5.95. The number of hydrogen-bond donors (Lipinski definition) is 2. The Balaban J connectivity index is 1.42. The quantitative estimate of drug-likeness (QED) is 0.271. The largest absolute Gasteiger partial charge is 0.493 e. The van der Waals surface area contributed by atoms with E-state index >= 15 is 0 Å². The lowest BCUT2D eigenvalue weighted by molar-refractivity contribution is -0.121. The second kappa shape index (κ2) is 13.2. The molecule has 0 bridgehead atoms. The highest BCUT2D eigenvalue weighted by Gasteiger charge is 2.23. The first kappa shape index (κ1) is 28.1. The molecule has 0 saturated carbocycles. The zero-order valence-corrected chi connectivity index (χ0v) is 22.3. The van der Waals surface area contributed by atoms with E-state index in [-0.39, 0.29) is 42.0 Å². The van der Waals surface area contributed by atoms with Crippen LogP contribution >= 0.6 is 0 Å². The Morgan fingerprint density at radius 1 is 0.950 bits per heavy atom. The monoisotopic (exact) mass is 548 g/mol. The highest BCUT2D eigenvalue weighted by Crippen LogP contribution is 2.38. The van der Waals surface area contributed by atoms with Gasteiger partial charge in [-0.3, -0.25) is 9.59 Å². The van der Waals surface area contributed by atoms with Crippen LogP contribution in [0.15, 0.2) is 71.3 Å². The average Bonchev–Trinajstić information content (AvgIpc) is 3.47. The van der Waals surface area contributed by atoms with Crippen molar-refractivity contribution < 1.29 is 32.7 Å². The SMILES string of the molecule is COc1cc(C(=O)NCCC(=O)NC(Cc2ccccc2)c2nc(-c3ccc(F)cc3)no2)cc(OC)c1OC. The highest BCUT2D eigenvalue weighted by atomic mass is 19.1. The zero-order valence-electron chi connectivity index (χ0n) is 22.3. The summed E-state index contributed by atoms with van der Waals surface area (Å²) in [5, 5.41) is 9.65. The van der Waals surface area contributed by atoms with Crippen molar-refractivity contribution in [2.75, 3.05) is 27.9 Å². The lowest BCUT2D eigenvalue weighted by atomic mass is 10.1. The Morgan fingerprint density at radius 2 is 1.62 bits per heavy atom. The fourth-order valence-corrected chi connectivity index (χ4v) is 4.01. The Labute approximate surface area is 230 Å². The van der Waals surface area contributed by atoms with Gasteiger partial charge in [-0.15, -0.1) is 0 Å². The Morgan fingerprint density at radius 3 is 2.25 bits per heavy atom. The van der Waals surface area contributed by atoms with Crippen molar-refractivity contribution in [1.82, 2.24) is 20.8 Å². The van der Waals surface area contributed by atoms with Gasteiger partial charge < -0.3 is 29.4 Å². The number of halogens is 1. The third-order valence-electron chi connectivity index (χ3n) is 6.02. The van der Waals surface area contributed by atoms with Gasteiger partial charge >= 0.3 is 0 Å². The second-order valence-electron chi connectivity index (χ2n) is 8.69. The fourth-order valence-electron chi connectivity index (χ4n) is 4.01. The molecule has 1 atom stereocenters. The van der Waals surface area contributed by atoms with Crippen LogP contribution in [0.1, 0.15) is 34.3 Å². The maximum absolute atomic E-state index is 13.3. The minimum Gasteiger partial charge on any atom is -0.493 e. The number of nitrogens with one attached hydrogen (secondary N) is 2. The molecule has 0 aliphatic carbocycles. The number of hydrogen-bond acceptors (Lipinski definition) is 8. The van der Waals surface area contributed by atoms with Crippen molar-refractivity contribution in [2.45, 2.75) is 18.9 Å². The standard InChI is InChI=1S/C29H29FN4O6/c1-37-23-16-20(17-24(38-2)26(23)39-3)28(36)31-14-13-25(35)32-22(15-18-7-5-4-6-8-18)29-33-27(34-40-29)19-9-11-21(30)12-10-19/h4-12,16-17,22H,13-15H2,1-3H3,(H,31,36)(H,32,35). The van der Waals surface area contributed by atoms with Crippen LogP contribution < -0.4 is 24.8 Å². The zero-order chi connectivity index (χ0) is 28.5. The van der Waals surface area contributed by atoms with Crippen LogP contribution in [0, 0.1) is 5.82 Å². The first-order valence-electron chi connectivity index (χ1n) is 12.4. The minimum atomic E-state index is -0.623. The summed E-state index contributed by atoms with van der Waals surface area (Å²) >= 11 is 0. The molecule has 1 heterocycles. The molecule has 0 saturated heterocycles. The van der Waals surface area contributed by atoms with Crippen LogP contribution in [0.4, 0.5) is 4.39 Å². The van der Waals surface area contributed by atoms with Crippen LogP contribution in [0.3, 0.4) is 0 Å². The minimum absolute atomic E-state index is 0.000407. The van der Waals surface area contributed by atoms with E-state index in [0.717, 1.165) is 5.56 Å². The van der Waals surface area contributed by atoms with E-state index in [0.29, 0.717) is 29.2 Å². The molecule has 10 nitrogen and oxygen atoms in total. The van der Waals surface area contributed by atoms with Crippen LogP contribution in [-0.4, -0.2) is 49.8 Å². The van der Waals surface area contributed by atoms with Crippen LogP contribution in [0.2, 0.25) is 0 Å². The predicted octanol–water partition coefficient (Wildman–Crippen LogP) is 4.12. The molecule has 0 aliphatic rings. The van der Waals surface area contributed by atoms with Gasteiger partial charge in [-0.2, -0.15) is 4.98 Å². The summed E-state index contributed by atoms with van der Waals surface area (Å²) in [6.07, 6.45) is 0.399. The van der Waals surface area contributed by atoms with E-state index in [1.165, 1.54) is 45.6 Å². The van der Waals surface area contributed by atoms with Gasteiger partial charge in [0, 0.05) is 30.5 Å². The molecule has 2 N–H and O–H groups in total. The van der Waals surface area contributed by atoms with Gasteiger partial charge in [0.15, 0.2) is 11.5 Å². The van der Waals surface area contributed by atoms with Gasteiger partial charge in [0.1, 0.15) is 11.9 Å². The number of carbonyl (C=O) groups excluding carboxylic acids is 2. The molecule has 3 aromatic carbocycles. The van der Waals surface area contributed by atoms with E-state index in [4.69, 9.17) is 18.7 Å². The van der Waals surface area contributed by atoms with E-state index in [9.17, 15) is 14.0 Å². The van der Waals surface area contributed by atoms with E-state index in [2.05, 4.69) is 20.8 Å². The Kier molecular flexibility index (Phi) is 9.29. The summed E-state index contributed by atoms with van der Waals surface area (Å²) in [6.45, 7) is 0.0735. The molecule has 4 aromatic rings. The van der Waals surface area contributed by atoms with Gasteiger partial charge in [-0.05, 0) is 42.0 Å². The lowest BCUT2D eigenvalue weighted by Crippen LogP contribution is -2.34. The number of aromatic nitrogens is 2. The van der Waals surface area contributed by atoms with Crippen LogP contribution in [0.25, 0.3) is 11.4 Å². The molecule has 0 spiro atoms. The normalized spacial score (nSPS) is 11.4. The van der Waals surface area contributed by atoms with Crippen molar-refractivity contribution in [3.05, 3.63) is 89.6 Å². The molecule has 0 radical (unpaired) electrons. The molecular formula is C29H29FN4O6. The molecule has 1 aromatic heterocycles. The summed E-state index contributed by atoms with van der Waals surface area (Å²) in [6, 6.07) is 17.7. The third-order valence-corrected chi connectivity index (χ3v) is 6.02. The molecule has 2 amide bonds. The number of methoxy groups -OCH3 is 3. The molecule has 11 heteroatoms. The summed E-state index contributed by atoms with van der Waals surface area (Å²) in [5.74, 6) is 0.424. The second-order valence-corrected chi connectivity index (χ2v) is 8.69. The van der Waals surface area contributed by atoms with Crippen LogP contribution in [0.5, 0.6) is 17.2 Å². The Hall–Kier alpha value is -4.93. The molecule has 0 fully saturated rings. The summed E-state index contributed by atoms with van der Waals surface area (Å²) in [4.78, 5) is 30.1. The van der Waals surface area contributed by atoms with Crippen molar-refractivity contribution in [3.8, 4) is 28.6 Å². The lowest BCUT2D eigenvalue weighted by Gasteiger charge is -2.16. The molecule has 40 heavy (non-hydrogen) atoms. The van der Waals surface area contributed by atoms with Gasteiger partial charge in [-0.1, -0.05) is 35.5 Å². The van der Waals surface area contributed by atoms with E-state index in [1.807, 2.05) is 30.3 Å². The molecule has 0 aliphatic heterocycles. The number of nitrogens with zero attached hydrogens (tertiary/aromatic N) is 2. The fraction of sp³-hybridized carbons (Fsp3) is 0.241. The van der Waals surface area contributed by atoms with Crippen molar-refractivity contribution >= 4 is 11.8 Å². The number of benzene rings is 3. The summed E-state index contributed by atoms with van der Waals surface area (Å²) in [5.41, 5.74) is 1.82. The van der Waals surface area contributed by atoms with E-state index in [1.54, 1.807) is 12.1 Å². The third kappa shape index (κ3) is 6.93. The van der Waals surface area contributed by atoms with Gasteiger partial charge in [0.05, 0.1) is 21.3 Å². The smallest absolute Gasteiger partial charge is 0.251 e. The maximum atomic E-state index is 13.3. The van der Waals surface area contributed by atoms with Crippen molar-refractivity contribution in [3.63, 3.8) is 0 Å². The van der Waals surface area contributed by atoms with Gasteiger partial charge in [0.2, 0.25) is 23.4 Å². The average molecular weight is 549 g/mol. The molecule has 4 rings (SSSR count). The number of carbonyl (C=O) groups is 2. The van der Waals surface area contributed by atoms with E-state index < -0.39 is 11.9 Å². The van der Waals surface area contributed by atoms with Gasteiger partial charge in [0.25, 0.3) is 5.91 Å². The summed E-state index contributed by atoms with van der Waals surface area (Å²) < 4.78 is 34.7. The Bertz CT molecular complexity index is 1420. The number of amides is 2. The number of ether oxygens (including phenoxy) is 3. The van der Waals surface area contributed by atoms with Gasteiger partial charge in [-0.25, -0.2) is 4.39 Å². The topological polar surface area (TPSA) is 125 Å². The molecule has 208 valence electrons. The van der Waals surface area contributed by atoms with Crippen molar-refractivity contribution in [2.24, 2.45) is 0 Å². The first-order chi connectivity index (χ1) is 19.4. The molecular weight excluding hydrogens is 519 g/mol. The first-order valence-corrected chi connectivity index (χ1v) is 12.4. The summed E-state index contributed by atoms with van der Waals surface area (Å²) in [7, 11) is 4.39. The number of rotatable bonds is 12. The maximum Gasteiger partial charge on any atom is 0.251 e. The van der Waals surface area contributed by atoms with Crippen LogP contribution in [-0.2, 0) is 11.2 Å².